The van der Waals surface area contributed by atoms with Crippen LogP contribution in [0.25, 0.3) is 0 Å². The molecule has 2 amide bonds. The summed E-state index contributed by atoms with van der Waals surface area (Å²) >= 11 is 0. The lowest BCUT2D eigenvalue weighted by molar-refractivity contribution is -0.130. The molecule has 22 heavy (non-hydrogen) atoms. The van der Waals surface area contributed by atoms with Crippen LogP contribution in [0.3, 0.4) is 0 Å². The van der Waals surface area contributed by atoms with Gasteiger partial charge >= 0.3 is 0 Å². The van der Waals surface area contributed by atoms with E-state index in [1.807, 2.05) is 42.3 Å². The van der Waals surface area contributed by atoms with Crippen LogP contribution in [-0.2, 0) is 16.0 Å². The van der Waals surface area contributed by atoms with Gasteiger partial charge in [0, 0.05) is 26.2 Å². The average molecular weight is 301 g/mol. The molecule has 0 bridgehead atoms. The fourth-order valence-corrected chi connectivity index (χ4v) is 3.78. The van der Waals surface area contributed by atoms with Gasteiger partial charge < -0.3 is 10.2 Å². The molecule has 1 aromatic carbocycles. The van der Waals surface area contributed by atoms with Crippen molar-refractivity contribution in [3.05, 3.63) is 35.9 Å². The minimum absolute atomic E-state index is 0.0497. The van der Waals surface area contributed by atoms with Crippen molar-refractivity contribution in [1.29, 1.82) is 0 Å². The number of likely N-dealkylation sites (N-methyl/N-ethyl adjacent to an activating group) is 2. The number of nitrogens with one attached hydrogen (secondary N) is 1. The van der Waals surface area contributed by atoms with Crippen LogP contribution in [0.1, 0.15) is 12.0 Å². The van der Waals surface area contributed by atoms with Crippen LogP contribution >= 0.6 is 0 Å². The van der Waals surface area contributed by atoms with Crippen molar-refractivity contribution in [2.75, 3.05) is 27.2 Å². The van der Waals surface area contributed by atoms with Gasteiger partial charge in [0.25, 0.3) is 0 Å². The van der Waals surface area contributed by atoms with Crippen molar-refractivity contribution in [2.45, 2.75) is 24.9 Å². The van der Waals surface area contributed by atoms with Crippen LogP contribution in [0.5, 0.6) is 0 Å². The number of amides is 2. The molecule has 0 aliphatic carbocycles. The van der Waals surface area contributed by atoms with Gasteiger partial charge in [-0.3, -0.25) is 14.5 Å². The van der Waals surface area contributed by atoms with E-state index in [9.17, 15) is 9.59 Å². The van der Waals surface area contributed by atoms with E-state index < -0.39 is 0 Å². The minimum atomic E-state index is -0.0497. The molecule has 0 unspecified atom stereocenters. The Morgan fingerprint density at radius 1 is 1.23 bits per heavy atom. The number of likely N-dealkylation sites (tertiary alicyclic amines) is 2. The van der Waals surface area contributed by atoms with E-state index in [0.29, 0.717) is 18.4 Å². The first kappa shape index (κ1) is 15.0. The van der Waals surface area contributed by atoms with Crippen LogP contribution in [-0.4, -0.2) is 60.9 Å². The molecule has 0 saturated carbocycles. The predicted molar refractivity (Wildman–Crippen MR) is 84.2 cm³/mol. The molecule has 3 rings (SSSR count). The number of rotatable bonds is 3. The molecule has 3 atom stereocenters. The number of fused-ring (bicyclic) bond motifs is 1. The van der Waals surface area contributed by atoms with E-state index in [1.54, 1.807) is 7.05 Å². The zero-order chi connectivity index (χ0) is 15.7. The molecule has 118 valence electrons. The highest BCUT2D eigenvalue weighted by Gasteiger charge is 2.47. The first-order valence-electron chi connectivity index (χ1n) is 7.85. The largest absolute Gasteiger partial charge is 0.358 e. The first-order chi connectivity index (χ1) is 10.6. The molecule has 2 saturated heterocycles. The molecular weight excluding hydrogens is 278 g/mol. The second-order valence-corrected chi connectivity index (χ2v) is 6.32. The van der Waals surface area contributed by atoms with E-state index in [1.165, 1.54) is 0 Å². The van der Waals surface area contributed by atoms with Gasteiger partial charge in [-0.1, -0.05) is 30.3 Å². The lowest BCUT2D eigenvalue weighted by Gasteiger charge is -2.25. The fraction of sp³-hybridized carbons (Fsp3) is 0.529. The molecular formula is C17H23N3O2. The van der Waals surface area contributed by atoms with Crippen molar-refractivity contribution in [3.63, 3.8) is 0 Å². The summed E-state index contributed by atoms with van der Waals surface area (Å²) < 4.78 is 0. The third-order valence-corrected chi connectivity index (χ3v) is 5.05. The van der Waals surface area contributed by atoms with Gasteiger partial charge in [-0.25, -0.2) is 0 Å². The van der Waals surface area contributed by atoms with Crippen LogP contribution in [0, 0.1) is 5.92 Å². The number of carbonyl (C=O) groups is 2. The van der Waals surface area contributed by atoms with Crippen molar-refractivity contribution in [3.8, 4) is 0 Å². The van der Waals surface area contributed by atoms with E-state index in [0.717, 1.165) is 25.1 Å². The molecule has 2 aliphatic rings. The summed E-state index contributed by atoms with van der Waals surface area (Å²) in [6.45, 7) is 1.51. The third kappa shape index (κ3) is 2.73. The fourth-order valence-electron chi connectivity index (χ4n) is 3.78. The molecule has 0 aromatic heterocycles. The summed E-state index contributed by atoms with van der Waals surface area (Å²) in [7, 11) is 3.68. The first-order valence-corrected chi connectivity index (χ1v) is 7.85. The number of nitrogens with zero attached hydrogens (tertiary/aromatic N) is 2. The summed E-state index contributed by atoms with van der Waals surface area (Å²) in [6.07, 6.45) is 1.30. The maximum Gasteiger partial charge on any atom is 0.237 e. The molecule has 5 nitrogen and oxygen atoms in total. The topological polar surface area (TPSA) is 52.7 Å². The van der Waals surface area contributed by atoms with Gasteiger partial charge in [0.05, 0.1) is 12.5 Å². The summed E-state index contributed by atoms with van der Waals surface area (Å²) in [6, 6.07) is 10.1. The number of hydrogen-bond acceptors (Lipinski definition) is 3. The quantitative estimate of drug-likeness (QED) is 0.885. The van der Waals surface area contributed by atoms with Gasteiger partial charge in [-0.2, -0.15) is 0 Å². The molecule has 1 N–H and O–H groups in total. The Labute approximate surface area is 131 Å². The van der Waals surface area contributed by atoms with Crippen molar-refractivity contribution in [1.82, 2.24) is 15.1 Å². The molecule has 2 fully saturated rings. The van der Waals surface area contributed by atoms with Crippen molar-refractivity contribution >= 4 is 11.8 Å². The van der Waals surface area contributed by atoms with Gasteiger partial charge in [-0.15, -0.1) is 0 Å². The Morgan fingerprint density at radius 3 is 2.59 bits per heavy atom. The second-order valence-electron chi connectivity index (χ2n) is 6.32. The Kier molecular flexibility index (Phi) is 4.16. The van der Waals surface area contributed by atoms with Gasteiger partial charge in [0.1, 0.15) is 0 Å². The molecule has 2 heterocycles. The van der Waals surface area contributed by atoms with Crippen LogP contribution in [0.15, 0.2) is 30.3 Å². The Morgan fingerprint density at radius 2 is 1.95 bits per heavy atom. The summed E-state index contributed by atoms with van der Waals surface area (Å²) in [4.78, 5) is 28.4. The molecule has 0 radical (unpaired) electrons. The Bertz CT molecular complexity index is 560. The smallest absolute Gasteiger partial charge is 0.237 e. The number of carbonyl (C=O) groups excluding carboxylic acids is 2. The van der Waals surface area contributed by atoms with Crippen LogP contribution in [0.2, 0.25) is 0 Å². The molecule has 2 aliphatic heterocycles. The third-order valence-electron chi connectivity index (χ3n) is 5.05. The lowest BCUT2D eigenvalue weighted by atomic mass is 10.0. The predicted octanol–water partition coefficient (Wildman–Crippen LogP) is 0.506. The van der Waals surface area contributed by atoms with Crippen LogP contribution < -0.4 is 5.32 Å². The maximum atomic E-state index is 12.5. The molecule has 5 heteroatoms. The zero-order valence-electron chi connectivity index (χ0n) is 13.2. The van der Waals surface area contributed by atoms with Gasteiger partial charge in [-0.05, 0) is 24.9 Å². The zero-order valence-corrected chi connectivity index (χ0v) is 13.2. The number of hydrogen-bond donors (Lipinski definition) is 1. The summed E-state index contributed by atoms with van der Waals surface area (Å²) in [5.74, 6) is 0.677. The molecule has 0 spiro atoms. The van der Waals surface area contributed by atoms with Crippen molar-refractivity contribution in [2.24, 2.45) is 5.92 Å². The SMILES string of the molecule is CNC(=O)[C@@H]1C[C@H]2CN(C(=O)Cc3ccccc3)C[C@H]2N1C. The normalized spacial score (nSPS) is 27.7. The van der Waals surface area contributed by atoms with Crippen molar-refractivity contribution < 1.29 is 9.59 Å². The van der Waals surface area contributed by atoms with Crippen LogP contribution in [0.4, 0.5) is 0 Å². The van der Waals surface area contributed by atoms with Gasteiger partial charge in [0.15, 0.2) is 0 Å². The van der Waals surface area contributed by atoms with E-state index in [2.05, 4.69) is 10.2 Å². The van der Waals surface area contributed by atoms with E-state index in [-0.39, 0.29) is 17.9 Å². The molecule has 1 aromatic rings. The van der Waals surface area contributed by atoms with Gasteiger partial charge in [0.2, 0.25) is 11.8 Å². The summed E-state index contributed by atoms with van der Waals surface area (Å²) in [5.41, 5.74) is 1.06. The Hall–Kier alpha value is -1.88. The van der Waals surface area contributed by atoms with E-state index >= 15 is 0 Å². The lowest BCUT2D eigenvalue weighted by Crippen LogP contribution is -2.45. The number of benzene rings is 1. The highest BCUT2D eigenvalue weighted by atomic mass is 16.2. The second kappa shape index (κ2) is 6.08. The highest BCUT2D eigenvalue weighted by Crippen LogP contribution is 2.34. The standard InChI is InChI=1S/C17H23N3O2/c1-18-17(22)14-9-13-10-20(11-15(13)19(14)2)16(21)8-12-6-4-3-5-7-12/h3-7,13-15H,8-11H2,1-2H3,(H,18,22)/t13-,14-,15+/m0/s1. The monoisotopic (exact) mass is 301 g/mol. The Balaban J connectivity index is 1.60. The average Bonchev–Trinajstić information content (AvgIpc) is 3.07. The maximum absolute atomic E-state index is 12.5. The highest BCUT2D eigenvalue weighted by molar-refractivity contribution is 5.82. The van der Waals surface area contributed by atoms with E-state index in [4.69, 9.17) is 0 Å². The minimum Gasteiger partial charge on any atom is -0.358 e. The summed E-state index contributed by atoms with van der Waals surface area (Å²) in [5, 5.41) is 2.73.